The Labute approximate surface area is 237 Å². The van der Waals surface area contributed by atoms with E-state index in [1.54, 1.807) is 0 Å². The number of nitrogens with one attached hydrogen (secondary N) is 1. The molecule has 4 atom stereocenters. The summed E-state index contributed by atoms with van der Waals surface area (Å²) in [5, 5.41) is 3.70. The lowest BCUT2D eigenvalue weighted by Crippen LogP contribution is -2.34. The molecule has 2 aromatic rings. The molecular formula is C35H51NO3. The van der Waals surface area contributed by atoms with Gasteiger partial charge in [0, 0.05) is 24.9 Å². The van der Waals surface area contributed by atoms with E-state index in [4.69, 9.17) is 9.47 Å². The zero-order chi connectivity index (χ0) is 28.4. The maximum atomic E-state index is 12.8. The van der Waals surface area contributed by atoms with Gasteiger partial charge in [0.25, 0.3) is 0 Å². The largest absolute Gasteiger partial charge is 0.508 e. The quantitative estimate of drug-likeness (QED) is 0.378. The maximum Gasteiger partial charge on any atom is 0.508 e. The van der Waals surface area contributed by atoms with Crippen molar-refractivity contribution in [2.24, 2.45) is 11.8 Å². The molecule has 2 unspecified atom stereocenters. The molecule has 2 fully saturated rings. The van der Waals surface area contributed by atoms with E-state index < -0.39 is 6.16 Å². The van der Waals surface area contributed by atoms with Gasteiger partial charge in [-0.2, -0.15) is 0 Å². The number of benzene rings is 2. The van der Waals surface area contributed by atoms with Crippen molar-refractivity contribution in [2.45, 2.75) is 122 Å². The van der Waals surface area contributed by atoms with Crippen molar-refractivity contribution in [1.29, 1.82) is 0 Å². The molecule has 4 rings (SSSR count). The van der Waals surface area contributed by atoms with Gasteiger partial charge < -0.3 is 14.8 Å². The van der Waals surface area contributed by atoms with Gasteiger partial charge in [-0.25, -0.2) is 4.79 Å². The average Bonchev–Trinajstić information content (AvgIpc) is 3.31. The molecule has 0 bridgehead atoms. The van der Waals surface area contributed by atoms with Crippen molar-refractivity contribution in [3.8, 4) is 0 Å². The number of carbonyl (C=O) groups excluding carboxylic acids is 1. The molecule has 39 heavy (non-hydrogen) atoms. The van der Waals surface area contributed by atoms with Gasteiger partial charge in [-0.1, -0.05) is 110 Å². The highest BCUT2D eigenvalue weighted by Crippen LogP contribution is 2.36. The van der Waals surface area contributed by atoms with Crippen LogP contribution in [0.2, 0.25) is 0 Å². The van der Waals surface area contributed by atoms with Crippen LogP contribution in [0.4, 0.5) is 4.79 Å². The highest BCUT2D eigenvalue weighted by molar-refractivity contribution is 5.60. The predicted octanol–water partition coefficient (Wildman–Crippen LogP) is 8.51. The van der Waals surface area contributed by atoms with Gasteiger partial charge in [0.1, 0.15) is 12.2 Å². The van der Waals surface area contributed by atoms with Gasteiger partial charge in [0.05, 0.1) is 0 Å². The molecule has 0 spiro atoms. The Hall–Kier alpha value is -2.33. The van der Waals surface area contributed by atoms with Crippen LogP contribution >= 0.6 is 0 Å². The Kier molecular flexibility index (Phi) is 9.15. The average molecular weight is 534 g/mol. The van der Waals surface area contributed by atoms with E-state index in [0.29, 0.717) is 18.4 Å². The van der Waals surface area contributed by atoms with Crippen LogP contribution in [0.3, 0.4) is 0 Å². The van der Waals surface area contributed by atoms with E-state index in [-0.39, 0.29) is 35.0 Å². The Morgan fingerprint density at radius 3 is 1.79 bits per heavy atom. The summed E-state index contributed by atoms with van der Waals surface area (Å²) in [4.78, 5) is 12.8. The number of hydrogen-bond acceptors (Lipinski definition) is 4. The zero-order valence-electron chi connectivity index (χ0n) is 25.6. The SMILES string of the molecule is CC(C)C1CCCC[C@H]1OC(=O)O[C@H]1CNC(C(c2ccc(C(C)(C)C)cc2)c2ccc(C(C)(C)C)cc2)C1. The molecule has 0 aromatic heterocycles. The molecule has 2 aliphatic rings. The second-order valence-electron chi connectivity index (χ2n) is 14.3. The predicted molar refractivity (Wildman–Crippen MR) is 160 cm³/mol. The fourth-order valence-electron chi connectivity index (χ4n) is 6.44. The van der Waals surface area contributed by atoms with Crippen LogP contribution in [0, 0.1) is 11.8 Å². The van der Waals surface area contributed by atoms with Crippen molar-refractivity contribution in [3.05, 3.63) is 70.8 Å². The second kappa shape index (κ2) is 12.0. The minimum Gasteiger partial charge on any atom is -0.431 e. The van der Waals surface area contributed by atoms with Gasteiger partial charge in [0.15, 0.2) is 0 Å². The van der Waals surface area contributed by atoms with Crippen molar-refractivity contribution in [3.63, 3.8) is 0 Å². The summed E-state index contributed by atoms with van der Waals surface area (Å²) in [6, 6.07) is 18.3. The summed E-state index contributed by atoms with van der Waals surface area (Å²) in [7, 11) is 0. The third-order valence-electron chi connectivity index (χ3n) is 8.92. The first-order valence-electron chi connectivity index (χ1n) is 15.1. The topological polar surface area (TPSA) is 47.6 Å². The van der Waals surface area contributed by atoms with Crippen LogP contribution in [-0.4, -0.2) is 30.9 Å². The molecule has 2 aromatic carbocycles. The minimum atomic E-state index is -0.499. The molecule has 0 radical (unpaired) electrons. The fourth-order valence-corrected chi connectivity index (χ4v) is 6.44. The Morgan fingerprint density at radius 2 is 1.31 bits per heavy atom. The Balaban J connectivity index is 1.50. The maximum absolute atomic E-state index is 12.8. The van der Waals surface area contributed by atoms with E-state index in [9.17, 15) is 4.79 Å². The number of hydrogen-bond donors (Lipinski definition) is 1. The molecule has 4 heteroatoms. The van der Waals surface area contributed by atoms with Gasteiger partial charge in [-0.05, 0) is 64.2 Å². The molecule has 214 valence electrons. The molecule has 1 heterocycles. The number of carbonyl (C=O) groups is 1. The monoisotopic (exact) mass is 533 g/mol. The fraction of sp³-hybridized carbons (Fsp3) is 0.629. The van der Waals surface area contributed by atoms with E-state index in [1.165, 1.54) is 28.7 Å². The number of ether oxygens (including phenoxy) is 2. The highest BCUT2D eigenvalue weighted by atomic mass is 16.7. The third kappa shape index (κ3) is 7.45. The van der Waals surface area contributed by atoms with Crippen LogP contribution in [0.1, 0.15) is 116 Å². The van der Waals surface area contributed by atoms with Gasteiger partial charge in [-0.3, -0.25) is 0 Å². The summed E-state index contributed by atoms with van der Waals surface area (Å²) in [5.74, 6) is 1.11. The zero-order valence-corrected chi connectivity index (χ0v) is 25.6. The third-order valence-corrected chi connectivity index (χ3v) is 8.92. The summed E-state index contributed by atoms with van der Waals surface area (Å²) < 4.78 is 11.8. The Bertz CT molecular complexity index is 1020. The van der Waals surface area contributed by atoms with Crippen LogP contribution in [0.5, 0.6) is 0 Å². The molecule has 1 N–H and O–H groups in total. The lowest BCUT2D eigenvalue weighted by molar-refractivity contribution is -0.0350. The highest BCUT2D eigenvalue weighted by Gasteiger charge is 2.36. The van der Waals surface area contributed by atoms with E-state index in [1.807, 2.05) is 0 Å². The van der Waals surface area contributed by atoms with Crippen LogP contribution < -0.4 is 5.32 Å². The first-order valence-corrected chi connectivity index (χ1v) is 15.1. The molecule has 1 aliphatic heterocycles. The summed E-state index contributed by atoms with van der Waals surface area (Å²) in [6.07, 6.45) is 4.48. The second-order valence-corrected chi connectivity index (χ2v) is 14.3. The van der Waals surface area contributed by atoms with Crippen LogP contribution in [0.15, 0.2) is 48.5 Å². The summed E-state index contributed by atoms with van der Waals surface area (Å²) >= 11 is 0. The lowest BCUT2D eigenvalue weighted by Gasteiger charge is -2.33. The van der Waals surface area contributed by atoms with Crippen LogP contribution in [0.25, 0.3) is 0 Å². The smallest absolute Gasteiger partial charge is 0.431 e. The normalized spacial score (nSPS) is 24.3. The van der Waals surface area contributed by atoms with E-state index >= 15 is 0 Å². The molecule has 0 amide bonds. The first kappa shape index (κ1) is 29.6. The van der Waals surface area contributed by atoms with Crippen molar-refractivity contribution in [2.75, 3.05) is 6.54 Å². The van der Waals surface area contributed by atoms with Gasteiger partial charge >= 0.3 is 6.16 Å². The van der Waals surface area contributed by atoms with E-state index in [2.05, 4.69) is 109 Å². The van der Waals surface area contributed by atoms with Crippen molar-refractivity contribution in [1.82, 2.24) is 5.32 Å². The van der Waals surface area contributed by atoms with E-state index in [0.717, 1.165) is 25.7 Å². The van der Waals surface area contributed by atoms with Gasteiger partial charge in [0.2, 0.25) is 0 Å². The minimum absolute atomic E-state index is 0.0215. The Morgan fingerprint density at radius 1 is 0.795 bits per heavy atom. The summed E-state index contributed by atoms with van der Waals surface area (Å²) in [6.45, 7) is 18.6. The first-order chi connectivity index (χ1) is 18.3. The van der Waals surface area contributed by atoms with Crippen molar-refractivity contribution >= 4 is 6.16 Å². The molecule has 1 aliphatic carbocycles. The standard InChI is InChI=1S/C35H51NO3/c1-23(2)29-11-9-10-12-31(29)39-33(37)38-28-21-30(36-22-28)32(24-13-17-26(18-14-24)34(3,4)5)25-15-19-27(20-16-25)35(6,7)8/h13-20,23,28-32,36H,9-12,21-22H2,1-8H3/t28-,29?,30?,31-/m1/s1. The summed E-state index contributed by atoms with van der Waals surface area (Å²) in [5.41, 5.74) is 5.46. The van der Waals surface area contributed by atoms with Crippen LogP contribution in [-0.2, 0) is 20.3 Å². The molecule has 1 saturated heterocycles. The molecule has 1 saturated carbocycles. The van der Waals surface area contributed by atoms with Gasteiger partial charge in [-0.15, -0.1) is 0 Å². The molecule has 4 nitrogen and oxygen atoms in total. The van der Waals surface area contributed by atoms with Crippen molar-refractivity contribution < 1.29 is 14.3 Å². The molecular weight excluding hydrogens is 482 g/mol. The lowest BCUT2D eigenvalue weighted by atomic mass is 9.79. The number of rotatable bonds is 6.